The molecule has 1 aromatic rings. The summed E-state index contributed by atoms with van der Waals surface area (Å²) >= 11 is 0. The maximum absolute atomic E-state index is 4.49. The fourth-order valence-corrected chi connectivity index (χ4v) is 4.46. The molecule has 2 rings (SSSR count). The van der Waals surface area contributed by atoms with Gasteiger partial charge in [-0.05, 0) is 69.4 Å². The van der Waals surface area contributed by atoms with Gasteiger partial charge in [-0.25, -0.2) is 0 Å². The molecule has 1 aromatic carbocycles. The van der Waals surface area contributed by atoms with Crippen LogP contribution in [0.15, 0.2) is 67.4 Å². The number of allylic oxidation sites excluding steroid dienone is 4. The number of benzene rings is 1. The first kappa shape index (κ1) is 36.1. The minimum atomic E-state index is 0.145. The van der Waals surface area contributed by atoms with Crippen molar-refractivity contribution in [1.82, 2.24) is 0 Å². The summed E-state index contributed by atoms with van der Waals surface area (Å²) in [6.45, 7) is 42.2. The van der Waals surface area contributed by atoms with E-state index in [2.05, 4.69) is 112 Å². The normalized spacial score (nSPS) is 15.8. The van der Waals surface area contributed by atoms with Gasteiger partial charge < -0.3 is 4.90 Å². The number of hydrogen-bond acceptors (Lipinski definition) is 1. The Morgan fingerprint density at radius 3 is 1.75 bits per heavy atom. The maximum Gasteiger partial charge on any atom is 0.0483 e. The minimum Gasteiger partial charge on any atom is -0.339 e. The monoisotopic (exact) mass is 495 g/mol. The Morgan fingerprint density at radius 2 is 1.44 bits per heavy atom. The van der Waals surface area contributed by atoms with Gasteiger partial charge in [-0.15, -0.1) is 6.58 Å². The van der Waals surface area contributed by atoms with Crippen molar-refractivity contribution in [3.63, 3.8) is 0 Å². The third-order valence-corrected chi connectivity index (χ3v) is 6.33. The van der Waals surface area contributed by atoms with E-state index in [9.17, 15) is 0 Å². The fraction of sp³-hybridized carbons (Fsp3) is 0.600. The molecule has 36 heavy (non-hydrogen) atoms. The van der Waals surface area contributed by atoms with Crippen molar-refractivity contribution in [1.29, 1.82) is 0 Å². The lowest BCUT2D eigenvalue weighted by Gasteiger charge is -2.38. The largest absolute Gasteiger partial charge is 0.339 e. The molecule has 1 nitrogen and oxygen atoms in total. The van der Waals surface area contributed by atoms with E-state index in [-0.39, 0.29) is 5.54 Å². The molecule has 0 N–H and O–H groups in total. The van der Waals surface area contributed by atoms with Gasteiger partial charge in [-0.1, -0.05) is 124 Å². The van der Waals surface area contributed by atoms with Crippen molar-refractivity contribution in [2.45, 2.75) is 133 Å². The van der Waals surface area contributed by atoms with Gasteiger partial charge in [0.1, 0.15) is 0 Å². The molecule has 0 amide bonds. The van der Waals surface area contributed by atoms with Gasteiger partial charge in [0.15, 0.2) is 0 Å². The van der Waals surface area contributed by atoms with E-state index in [4.69, 9.17) is 0 Å². The summed E-state index contributed by atoms with van der Waals surface area (Å²) in [7, 11) is 0. The second-order valence-electron chi connectivity index (χ2n) is 11.1. The summed E-state index contributed by atoms with van der Waals surface area (Å²) < 4.78 is 0. The standard InChI is InChI=1S/C21H33N.C9H14.C3H8.C2H6/c1-9-17-13-21(7,8)22(16(17)6)20-18(14(2)3)11-10-12-19(20)15(4)5;1-5-9(4)7-6-8(2)3;1-3-2;1-2/h10-12,14-15,17H,6,9,13H2,1-5,7-8H3;5H,1-2,4,6-7H2,3H3;3H2,1-2H3;1-2H3. The average molecular weight is 496 g/mol. The van der Waals surface area contributed by atoms with Crippen molar-refractivity contribution >= 4 is 5.69 Å². The summed E-state index contributed by atoms with van der Waals surface area (Å²) in [4.78, 5) is 2.56. The zero-order valence-corrected chi connectivity index (χ0v) is 26.4. The molecule has 0 aliphatic carbocycles. The summed E-state index contributed by atoms with van der Waals surface area (Å²) in [6.07, 6.45) is 7.46. The summed E-state index contributed by atoms with van der Waals surface area (Å²) in [5.74, 6) is 1.66. The van der Waals surface area contributed by atoms with Crippen LogP contribution in [0.4, 0.5) is 5.69 Å². The summed E-state index contributed by atoms with van der Waals surface area (Å²) in [5.41, 5.74) is 8.10. The summed E-state index contributed by atoms with van der Waals surface area (Å²) in [6, 6.07) is 6.82. The quantitative estimate of drug-likeness (QED) is 0.256. The van der Waals surface area contributed by atoms with Gasteiger partial charge >= 0.3 is 0 Å². The third kappa shape index (κ3) is 11.4. The number of hydrogen-bond donors (Lipinski definition) is 0. The first-order valence-corrected chi connectivity index (χ1v) is 14.3. The van der Waals surface area contributed by atoms with E-state index in [0.29, 0.717) is 17.8 Å². The molecule has 1 aliphatic heterocycles. The van der Waals surface area contributed by atoms with Crippen LogP contribution >= 0.6 is 0 Å². The van der Waals surface area contributed by atoms with Crippen LogP contribution in [0.1, 0.15) is 138 Å². The van der Waals surface area contributed by atoms with Crippen LogP contribution in [0, 0.1) is 5.92 Å². The molecule has 1 heteroatoms. The van der Waals surface area contributed by atoms with E-state index in [1.165, 1.54) is 47.3 Å². The molecular formula is C35H61N. The molecular weight excluding hydrogens is 434 g/mol. The molecule has 1 fully saturated rings. The van der Waals surface area contributed by atoms with Gasteiger partial charge in [0, 0.05) is 22.8 Å². The highest BCUT2D eigenvalue weighted by molar-refractivity contribution is 5.68. The lowest BCUT2D eigenvalue weighted by Crippen LogP contribution is -2.38. The topological polar surface area (TPSA) is 3.24 Å². The van der Waals surface area contributed by atoms with Gasteiger partial charge in [-0.2, -0.15) is 0 Å². The first-order valence-electron chi connectivity index (χ1n) is 14.3. The van der Waals surface area contributed by atoms with Crippen LogP contribution in [-0.2, 0) is 0 Å². The van der Waals surface area contributed by atoms with Crippen LogP contribution in [0.3, 0.4) is 0 Å². The van der Waals surface area contributed by atoms with Gasteiger partial charge in [0.25, 0.3) is 0 Å². The summed E-state index contributed by atoms with van der Waals surface area (Å²) in [5, 5.41) is 0. The molecule has 1 aliphatic rings. The molecule has 1 heterocycles. The van der Waals surface area contributed by atoms with Gasteiger partial charge in [-0.3, -0.25) is 0 Å². The molecule has 0 radical (unpaired) electrons. The van der Waals surface area contributed by atoms with Crippen LogP contribution in [0.25, 0.3) is 0 Å². The molecule has 1 saturated heterocycles. The van der Waals surface area contributed by atoms with Crippen molar-refractivity contribution in [3.8, 4) is 0 Å². The lowest BCUT2D eigenvalue weighted by molar-refractivity contribution is 0.466. The highest BCUT2D eigenvalue weighted by atomic mass is 15.2. The molecule has 0 aromatic heterocycles. The fourth-order valence-electron chi connectivity index (χ4n) is 4.46. The van der Waals surface area contributed by atoms with E-state index in [1.54, 1.807) is 6.08 Å². The second kappa shape index (κ2) is 18.3. The second-order valence-corrected chi connectivity index (χ2v) is 11.1. The molecule has 0 saturated carbocycles. The van der Waals surface area contributed by atoms with Gasteiger partial charge in [0.05, 0.1) is 0 Å². The Morgan fingerprint density at radius 1 is 1.00 bits per heavy atom. The molecule has 206 valence electrons. The first-order chi connectivity index (χ1) is 16.8. The predicted octanol–water partition coefficient (Wildman–Crippen LogP) is 12.0. The van der Waals surface area contributed by atoms with Crippen LogP contribution in [0.5, 0.6) is 0 Å². The van der Waals surface area contributed by atoms with Crippen LogP contribution in [-0.4, -0.2) is 5.54 Å². The van der Waals surface area contributed by atoms with E-state index < -0.39 is 0 Å². The number of nitrogens with zero attached hydrogens (tertiary/aromatic N) is 1. The van der Waals surface area contributed by atoms with E-state index in [0.717, 1.165) is 18.4 Å². The average Bonchev–Trinajstić information content (AvgIpc) is 3.06. The lowest BCUT2D eigenvalue weighted by atomic mass is 9.89. The smallest absolute Gasteiger partial charge is 0.0483 e. The highest BCUT2D eigenvalue weighted by Gasteiger charge is 2.42. The van der Waals surface area contributed by atoms with Crippen LogP contribution < -0.4 is 4.90 Å². The van der Waals surface area contributed by atoms with Crippen molar-refractivity contribution in [3.05, 3.63) is 78.6 Å². The Hall–Kier alpha value is -2.02. The van der Waals surface area contributed by atoms with Gasteiger partial charge in [0.2, 0.25) is 0 Å². The van der Waals surface area contributed by atoms with Crippen LogP contribution in [0.2, 0.25) is 0 Å². The number of rotatable bonds is 8. The molecule has 0 bridgehead atoms. The highest BCUT2D eigenvalue weighted by Crippen LogP contribution is 2.48. The SMILES string of the molecule is C=C1C(CC)CC(C)(C)N1c1c(C(C)C)cccc1C(C)C.C=CC(=C)CCC(=C)C.CC.CCC. The zero-order chi connectivity index (χ0) is 28.6. The number of para-hydroxylation sites is 1. The van der Waals surface area contributed by atoms with E-state index in [1.807, 2.05) is 20.8 Å². The minimum absolute atomic E-state index is 0.145. The Balaban J connectivity index is 0. The Bertz CT molecular complexity index is 780. The molecule has 0 spiro atoms. The third-order valence-electron chi connectivity index (χ3n) is 6.33. The molecule has 1 atom stereocenters. The Labute approximate surface area is 227 Å². The Kier molecular flexibility index (Phi) is 18.3. The van der Waals surface area contributed by atoms with Crippen molar-refractivity contribution in [2.75, 3.05) is 4.90 Å². The molecule has 1 unspecified atom stereocenters. The maximum atomic E-state index is 4.49. The number of anilines is 1. The predicted molar refractivity (Wildman–Crippen MR) is 169 cm³/mol. The van der Waals surface area contributed by atoms with Crippen molar-refractivity contribution in [2.24, 2.45) is 5.92 Å². The van der Waals surface area contributed by atoms with E-state index >= 15 is 0 Å². The zero-order valence-electron chi connectivity index (χ0n) is 26.4. The van der Waals surface area contributed by atoms with Crippen molar-refractivity contribution < 1.29 is 0 Å².